The number of benzene rings is 1. The highest BCUT2D eigenvalue weighted by Gasteiger charge is 2.12. The van der Waals surface area contributed by atoms with E-state index in [1.54, 1.807) is 0 Å². The van der Waals surface area contributed by atoms with Crippen molar-refractivity contribution >= 4 is 33.4 Å². The van der Waals surface area contributed by atoms with Crippen LogP contribution >= 0.6 is 27.7 Å². The fourth-order valence-electron chi connectivity index (χ4n) is 2.09. The molecule has 0 bridgehead atoms. The van der Waals surface area contributed by atoms with Gasteiger partial charge in [0.2, 0.25) is 0 Å². The highest BCUT2D eigenvalue weighted by Crippen LogP contribution is 2.28. The van der Waals surface area contributed by atoms with E-state index in [1.165, 1.54) is 29.2 Å². The first kappa shape index (κ1) is 13.2. The summed E-state index contributed by atoms with van der Waals surface area (Å²) in [5.74, 6) is 2.52. The smallest absolute Gasteiger partial charge is 0.0378 e. The molecule has 17 heavy (non-hydrogen) atoms. The Morgan fingerprint density at radius 3 is 2.88 bits per heavy atom. The molecular weight excluding hydrogens is 296 g/mol. The molecule has 1 saturated heterocycles. The highest BCUT2D eigenvalue weighted by atomic mass is 79.9. The van der Waals surface area contributed by atoms with E-state index in [0.29, 0.717) is 0 Å². The van der Waals surface area contributed by atoms with Crippen LogP contribution in [0.15, 0.2) is 22.7 Å². The van der Waals surface area contributed by atoms with Crippen LogP contribution < -0.4 is 10.6 Å². The van der Waals surface area contributed by atoms with E-state index >= 15 is 0 Å². The molecule has 0 aliphatic carbocycles. The number of rotatable bonds is 2. The summed E-state index contributed by atoms with van der Waals surface area (Å²) in [5.41, 5.74) is 8.41. The number of nitrogens with zero attached hydrogens (tertiary/aromatic N) is 1. The van der Waals surface area contributed by atoms with Crippen molar-refractivity contribution < 1.29 is 0 Å². The van der Waals surface area contributed by atoms with Gasteiger partial charge in [-0.3, -0.25) is 0 Å². The van der Waals surface area contributed by atoms with Gasteiger partial charge in [-0.15, -0.1) is 0 Å². The summed E-state index contributed by atoms with van der Waals surface area (Å²) in [5, 5.41) is 0. The van der Waals surface area contributed by atoms with Gasteiger partial charge in [0.05, 0.1) is 0 Å². The minimum absolute atomic E-state index is 0.0816. The van der Waals surface area contributed by atoms with E-state index in [1.807, 2.05) is 6.92 Å². The quantitative estimate of drug-likeness (QED) is 0.907. The third-order valence-electron chi connectivity index (χ3n) is 3.06. The van der Waals surface area contributed by atoms with Gasteiger partial charge in [-0.2, -0.15) is 11.8 Å². The van der Waals surface area contributed by atoms with Gasteiger partial charge in [-0.1, -0.05) is 22.0 Å². The van der Waals surface area contributed by atoms with Gasteiger partial charge in [0, 0.05) is 35.0 Å². The minimum atomic E-state index is 0.0816. The molecule has 0 spiro atoms. The third kappa shape index (κ3) is 3.39. The Balaban J connectivity index is 2.18. The van der Waals surface area contributed by atoms with Crippen LogP contribution in [0.4, 0.5) is 5.69 Å². The van der Waals surface area contributed by atoms with Gasteiger partial charge < -0.3 is 10.6 Å². The van der Waals surface area contributed by atoms with E-state index < -0.39 is 0 Å². The summed E-state index contributed by atoms with van der Waals surface area (Å²) < 4.78 is 1.13. The summed E-state index contributed by atoms with van der Waals surface area (Å²) in [6.45, 7) is 4.33. The second kappa shape index (κ2) is 6.12. The van der Waals surface area contributed by atoms with Crippen LogP contribution in [0, 0.1) is 0 Å². The van der Waals surface area contributed by atoms with Crippen LogP contribution in [0.1, 0.15) is 24.9 Å². The van der Waals surface area contributed by atoms with Gasteiger partial charge in [0.25, 0.3) is 0 Å². The van der Waals surface area contributed by atoms with Crippen molar-refractivity contribution in [3.63, 3.8) is 0 Å². The summed E-state index contributed by atoms with van der Waals surface area (Å²) in [4.78, 5) is 2.47. The number of anilines is 1. The van der Waals surface area contributed by atoms with Gasteiger partial charge >= 0.3 is 0 Å². The molecule has 0 aromatic heterocycles. The van der Waals surface area contributed by atoms with Crippen molar-refractivity contribution in [1.82, 2.24) is 0 Å². The zero-order valence-corrected chi connectivity index (χ0v) is 12.6. The van der Waals surface area contributed by atoms with Crippen LogP contribution in [-0.2, 0) is 0 Å². The zero-order valence-electron chi connectivity index (χ0n) is 10.2. The number of hydrogen-bond acceptors (Lipinski definition) is 3. The van der Waals surface area contributed by atoms with E-state index in [-0.39, 0.29) is 6.04 Å². The number of thioether (sulfide) groups is 1. The molecule has 1 aliphatic rings. The molecule has 0 saturated carbocycles. The maximum absolute atomic E-state index is 5.92. The second-order valence-corrected chi connectivity index (χ2v) is 6.53. The lowest BCUT2D eigenvalue weighted by Crippen LogP contribution is -2.25. The molecule has 1 aromatic carbocycles. The first-order chi connectivity index (χ1) is 8.18. The molecule has 1 atom stereocenters. The Morgan fingerprint density at radius 2 is 2.18 bits per heavy atom. The largest absolute Gasteiger partial charge is 0.371 e. The molecule has 0 unspecified atom stereocenters. The molecule has 4 heteroatoms. The Morgan fingerprint density at radius 1 is 1.35 bits per heavy atom. The summed E-state index contributed by atoms with van der Waals surface area (Å²) >= 11 is 5.67. The minimum Gasteiger partial charge on any atom is -0.371 e. The lowest BCUT2D eigenvalue weighted by atomic mass is 10.1. The molecule has 0 radical (unpaired) electrons. The molecule has 1 aromatic rings. The molecule has 2 rings (SSSR count). The highest BCUT2D eigenvalue weighted by molar-refractivity contribution is 9.10. The Labute approximate surface area is 116 Å². The third-order valence-corrected chi connectivity index (χ3v) is 4.80. The second-order valence-electron chi connectivity index (χ2n) is 4.45. The molecule has 2 nitrogen and oxygen atoms in total. The maximum atomic E-state index is 5.92. The number of nitrogens with two attached hydrogens (primary N) is 1. The molecule has 0 amide bonds. The Kier molecular flexibility index (Phi) is 4.77. The predicted molar refractivity (Wildman–Crippen MR) is 80.9 cm³/mol. The van der Waals surface area contributed by atoms with Crippen molar-refractivity contribution in [2.45, 2.75) is 19.4 Å². The van der Waals surface area contributed by atoms with Gasteiger partial charge in [-0.25, -0.2) is 0 Å². The van der Waals surface area contributed by atoms with Gasteiger partial charge in [-0.05, 0) is 36.8 Å². The number of halogens is 1. The average molecular weight is 315 g/mol. The van der Waals surface area contributed by atoms with Crippen LogP contribution in [-0.4, -0.2) is 24.6 Å². The first-order valence-electron chi connectivity index (χ1n) is 6.06. The van der Waals surface area contributed by atoms with Crippen molar-refractivity contribution in [1.29, 1.82) is 0 Å². The number of hydrogen-bond donors (Lipinski definition) is 1. The van der Waals surface area contributed by atoms with Crippen LogP contribution in [0.2, 0.25) is 0 Å². The van der Waals surface area contributed by atoms with Crippen LogP contribution in [0.3, 0.4) is 0 Å². The summed E-state index contributed by atoms with van der Waals surface area (Å²) in [6, 6.07) is 6.62. The fraction of sp³-hybridized carbons (Fsp3) is 0.538. The lowest BCUT2D eigenvalue weighted by Gasteiger charge is -2.23. The topological polar surface area (TPSA) is 29.3 Å². The van der Waals surface area contributed by atoms with Crippen molar-refractivity contribution in [3.05, 3.63) is 28.2 Å². The van der Waals surface area contributed by atoms with Crippen LogP contribution in [0.25, 0.3) is 0 Å². The van der Waals surface area contributed by atoms with E-state index in [9.17, 15) is 0 Å². The van der Waals surface area contributed by atoms with E-state index in [4.69, 9.17) is 5.73 Å². The zero-order chi connectivity index (χ0) is 12.3. The van der Waals surface area contributed by atoms with Crippen molar-refractivity contribution in [2.24, 2.45) is 5.73 Å². The average Bonchev–Trinajstić information content (AvgIpc) is 2.56. The standard InChI is InChI=1S/C13H19BrN2S/c1-10(15)12-4-3-11(9-13(12)14)16-5-2-7-17-8-6-16/h3-4,9-10H,2,5-8,15H2,1H3/t10-/m1/s1. The molecule has 1 heterocycles. The van der Waals surface area contributed by atoms with Crippen molar-refractivity contribution in [2.75, 3.05) is 29.5 Å². The monoisotopic (exact) mass is 314 g/mol. The SMILES string of the molecule is C[C@@H](N)c1ccc(N2CCCSCC2)cc1Br. The summed E-state index contributed by atoms with van der Waals surface area (Å²) in [6.07, 6.45) is 1.28. The van der Waals surface area contributed by atoms with E-state index in [2.05, 4.69) is 50.8 Å². The van der Waals surface area contributed by atoms with Crippen LogP contribution in [0.5, 0.6) is 0 Å². The van der Waals surface area contributed by atoms with Gasteiger partial charge in [0.1, 0.15) is 0 Å². The first-order valence-corrected chi connectivity index (χ1v) is 8.01. The molecule has 1 aliphatic heterocycles. The van der Waals surface area contributed by atoms with E-state index in [0.717, 1.165) is 17.6 Å². The summed E-state index contributed by atoms with van der Waals surface area (Å²) in [7, 11) is 0. The predicted octanol–water partition coefficient (Wildman–Crippen LogP) is 3.41. The Bertz CT molecular complexity index is 374. The molecule has 94 valence electrons. The molecular formula is C13H19BrN2S. The van der Waals surface area contributed by atoms with Crippen molar-refractivity contribution in [3.8, 4) is 0 Å². The normalized spacial score (nSPS) is 18.9. The maximum Gasteiger partial charge on any atom is 0.0378 e. The Hall–Kier alpha value is -0.190. The fourth-order valence-corrected chi connectivity index (χ4v) is 3.70. The lowest BCUT2D eigenvalue weighted by molar-refractivity contribution is 0.801. The molecule has 1 fully saturated rings. The van der Waals surface area contributed by atoms with Gasteiger partial charge in [0.15, 0.2) is 0 Å². The molecule has 2 N–H and O–H groups in total.